The lowest BCUT2D eigenvalue weighted by atomic mass is 9.95. The number of fused-ring (bicyclic) bond motifs is 2. The second-order valence-electron chi connectivity index (χ2n) is 6.13. The zero-order valence-electron chi connectivity index (χ0n) is 12.2. The first-order valence-electron chi connectivity index (χ1n) is 7.61. The summed E-state index contributed by atoms with van der Waals surface area (Å²) in [6.07, 6.45) is 3.77. The van der Waals surface area contributed by atoms with Crippen LogP contribution in [0.2, 0.25) is 0 Å². The van der Waals surface area contributed by atoms with Crippen molar-refractivity contribution in [2.24, 2.45) is 0 Å². The van der Waals surface area contributed by atoms with Crippen LogP contribution in [0.25, 0.3) is 0 Å². The van der Waals surface area contributed by atoms with Crippen LogP contribution in [0.4, 0.5) is 10.1 Å². The van der Waals surface area contributed by atoms with E-state index < -0.39 is 5.79 Å². The molecule has 21 heavy (non-hydrogen) atoms. The normalized spacial score (nSPS) is 30.1. The summed E-state index contributed by atoms with van der Waals surface area (Å²) in [5, 5.41) is 0. The predicted octanol–water partition coefficient (Wildman–Crippen LogP) is 2.71. The molecule has 0 amide bonds. The lowest BCUT2D eigenvalue weighted by Crippen LogP contribution is -2.52. The smallest absolute Gasteiger partial charge is 0.172 e. The molecular weight excluding hydrogens is 273 g/mol. The van der Waals surface area contributed by atoms with E-state index in [1.54, 1.807) is 19.2 Å². The number of halogens is 1. The summed E-state index contributed by atoms with van der Waals surface area (Å²) in [4.78, 5) is 2.22. The lowest BCUT2D eigenvalue weighted by Gasteiger charge is -2.44. The molecule has 4 rings (SSSR count). The Morgan fingerprint density at radius 2 is 1.86 bits per heavy atom. The van der Waals surface area contributed by atoms with E-state index in [0.717, 1.165) is 25.7 Å². The molecule has 3 aliphatic rings. The summed E-state index contributed by atoms with van der Waals surface area (Å²) >= 11 is 0. The first-order chi connectivity index (χ1) is 10.2. The Kier molecular flexibility index (Phi) is 3.08. The van der Waals surface area contributed by atoms with Crippen LogP contribution in [-0.2, 0) is 9.47 Å². The molecule has 3 heterocycles. The number of benzene rings is 1. The molecule has 114 valence electrons. The van der Waals surface area contributed by atoms with Crippen molar-refractivity contribution in [1.29, 1.82) is 0 Å². The minimum absolute atomic E-state index is 0.183. The molecule has 2 bridgehead atoms. The molecule has 3 saturated heterocycles. The highest BCUT2D eigenvalue weighted by Gasteiger charge is 2.52. The van der Waals surface area contributed by atoms with Crippen LogP contribution >= 0.6 is 0 Å². The molecule has 4 nitrogen and oxygen atoms in total. The Bertz CT molecular complexity index is 528. The van der Waals surface area contributed by atoms with Gasteiger partial charge in [-0.2, -0.15) is 0 Å². The minimum atomic E-state index is -0.419. The van der Waals surface area contributed by atoms with Crippen LogP contribution in [0, 0.1) is 5.82 Å². The SMILES string of the molecule is COc1ccc(F)c(N2C3CCC2CC2(C3)OCCO2)c1. The van der Waals surface area contributed by atoms with Crippen LogP contribution in [0.5, 0.6) is 5.75 Å². The van der Waals surface area contributed by atoms with E-state index in [-0.39, 0.29) is 17.9 Å². The van der Waals surface area contributed by atoms with Crippen molar-refractivity contribution < 1.29 is 18.6 Å². The first-order valence-corrected chi connectivity index (χ1v) is 7.61. The Balaban J connectivity index is 1.65. The van der Waals surface area contributed by atoms with Crippen molar-refractivity contribution in [3.05, 3.63) is 24.0 Å². The lowest BCUT2D eigenvalue weighted by molar-refractivity contribution is -0.177. The van der Waals surface area contributed by atoms with E-state index >= 15 is 0 Å². The third kappa shape index (κ3) is 2.10. The number of hydrogen-bond donors (Lipinski definition) is 0. The molecule has 3 fully saturated rings. The molecule has 1 aromatic rings. The van der Waals surface area contributed by atoms with Gasteiger partial charge in [0.25, 0.3) is 0 Å². The summed E-state index contributed by atoms with van der Waals surface area (Å²) in [6, 6.07) is 5.51. The van der Waals surface area contributed by atoms with Gasteiger partial charge in [0.15, 0.2) is 5.79 Å². The van der Waals surface area contributed by atoms with E-state index in [0.29, 0.717) is 24.7 Å². The third-order valence-electron chi connectivity index (χ3n) is 4.96. The largest absolute Gasteiger partial charge is 0.497 e. The maximum absolute atomic E-state index is 14.3. The fraction of sp³-hybridized carbons (Fsp3) is 0.625. The summed E-state index contributed by atoms with van der Waals surface area (Å²) in [5.74, 6) is 0.0915. The number of methoxy groups -OCH3 is 1. The van der Waals surface area contributed by atoms with Crippen molar-refractivity contribution >= 4 is 5.69 Å². The summed E-state index contributed by atoms with van der Waals surface area (Å²) in [6.45, 7) is 1.35. The summed E-state index contributed by atoms with van der Waals surface area (Å²) in [7, 11) is 1.61. The van der Waals surface area contributed by atoms with Gasteiger partial charge in [-0.3, -0.25) is 0 Å². The molecule has 5 heteroatoms. The average Bonchev–Trinajstić information content (AvgIpc) is 3.03. The third-order valence-corrected chi connectivity index (χ3v) is 4.96. The number of ether oxygens (including phenoxy) is 3. The Hall–Kier alpha value is -1.33. The van der Waals surface area contributed by atoms with Gasteiger partial charge in [-0.1, -0.05) is 0 Å². The molecular formula is C16H20FNO3. The topological polar surface area (TPSA) is 30.9 Å². The molecule has 0 aliphatic carbocycles. The van der Waals surface area contributed by atoms with E-state index in [1.165, 1.54) is 6.07 Å². The zero-order valence-corrected chi connectivity index (χ0v) is 12.2. The van der Waals surface area contributed by atoms with Crippen LogP contribution in [0.1, 0.15) is 25.7 Å². The van der Waals surface area contributed by atoms with Crippen molar-refractivity contribution in [3.63, 3.8) is 0 Å². The zero-order chi connectivity index (χ0) is 14.4. The molecule has 0 aromatic heterocycles. The molecule has 1 spiro atoms. The van der Waals surface area contributed by atoms with Gasteiger partial charge >= 0.3 is 0 Å². The van der Waals surface area contributed by atoms with Crippen molar-refractivity contribution in [1.82, 2.24) is 0 Å². The minimum Gasteiger partial charge on any atom is -0.497 e. The molecule has 0 radical (unpaired) electrons. The highest BCUT2D eigenvalue weighted by Crippen LogP contribution is 2.47. The van der Waals surface area contributed by atoms with Crippen LogP contribution in [0.15, 0.2) is 18.2 Å². The first kappa shape index (κ1) is 13.3. The van der Waals surface area contributed by atoms with Gasteiger partial charge in [-0.15, -0.1) is 0 Å². The standard InChI is InChI=1S/C16H20FNO3/c1-19-13-4-5-14(17)15(8-13)18-11-2-3-12(18)10-16(9-11)20-6-7-21-16/h4-5,8,11-12H,2-3,6-7,9-10H2,1H3. The van der Waals surface area contributed by atoms with Crippen LogP contribution in [-0.4, -0.2) is 38.2 Å². The average molecular weight is 293 g/mol. The predicted molar refractivity (Wildman–Crippen MR) is 76.1 cm³/mol. The van der Waals surface area contributed by atoms with E-state index in [9.17, 15) is 4.39 Å². The van der Waals surface area contributed by atoms with Crippen molar-refractivity contribution in [2.45, 2.75) is 43.6 Å². The van der Waals surface area contributed by atoms with Gasteiger partial charge in [0.05, 0.1) is 26.0 Å². The number of piperidine rings is 1. The second-order valence-corrected chi connectivity index (χ2v) is 6.13. The van der Waals surface area contributed by atoms with Gasteiger partial charge in [-0.25, -0.2) is 4.39 Å². The van der Waals surface area contributed by atoms with E-state index in [2.05, 4.69) is 4.90 Å². The van der Waals surface area contributed by atoms with Gasteiger partial charge in [0.2, 0.25) is 0 Å². The number of anilines is 1. The van der Waals surface area contributed by atoms with Crippen molar-refractivity contribution in [2.75, 3.05) is 25.2 Å². The fourth-order valence-electron chi connectivity index (χ4n) is 4.11. The number of hydrogen-bond acceptors (Lipinski definition) is 4. The Morgan fingerprint density at radius 3 is 2.48 bits per heavy atom. The maximum Gasteiger partial charge on any atom is 0.172 e. The number of nitrogens with zero attached hydrogens (tertiary/aromatic N) is 1. The number of rotatable bonds is 2. The molecule has 2 atom stereocenters. The quantitative estimate of drug-likeness (QED) is 0.839. The summed E-state index contributed by atoms with van der Waals surface area (Å²) in [5.41, 5.74) is 0.648. The van der Waals surface area contributed by atoms with Gasteiger partial charge < -0.3 is 19.1 Å². The van der Waals surface area contributed by atoms with Gasteiger partial charge in [0.1, 0.15) is 11.6 Å². The van der Waals surface area contributed by atoms with Crippen LogP contribution in [0.3, 0.4) is 0 Å². The highest BCUT2D eigenvalue weighted by atomic mass is 19.1. The molecule has 0 saturated carbocycles. The van der Waals surface area contributed by atoms with E-state index in [4.69, 9.17) is 14.2 Å². The summed E-state index contributed by atoms with van der Waals surface area (Å²) < 4.78 is 31.2. The maximum atomic E-state index is 14.3. The van der Waals surface area contributed by atoms with Crippen LogP contribution < -0.4 is 9.64 Å². The highest BCUT2D eigenvalue weighted by molar-refractivity contribution is 5.55. The molecule has 1 aromatic carbocycles. The Morgan fingerprint density at radius 1 is 1.19 bits per heavy atom. The second kappa shape index (κ2) is 4.85. The van der Waals surface area contributed by atoms with Gasteiger partial charge in [-0.05, 0) is 25.0 Å². The Labute approximate surface area is 123 Å². The monoisotopic (exact) mass is 293 g/mol. The molecule has 2 unspecified atom stereocenters. The van der Waals surface area contributed by atoms with Gasteiger partial charge in [0, 0.05) is 31.0 Å². The fourth-order valence-corrected chi connectivity index (χ4v) is 4.11. The van der Waals surface area contributed by atoms with E-state index in [1.807, 2.05) is 0 Å². The van der Waals surface area contributed by atoms with Crippen molar-refractivity contribution in [3.8, 4) is 5.75 Å². The molecule has 0 N–H and O–H groups in total. The molecule has 3 aliphatic heterocycles.